The lowest BCUT2D eigenvalue weighted by atomic mass is 10.0. The Morgan fingerprint density at radius 2 is 2.03 bits per heavy atom. The molecule has 5 heteroatoms. The maximum absolute atomic E-state index is 12.7. The van der Waals surface area contributed by atoms with Gasteiger partial charge in [0.15, 0.2) is 5.82 Å². The van der Waals surface area contributed by atoms with E-state index >= 15 is 0 Å². The molecule has 0 radical (unpaired) electrons. The fraction of sp³-hybridized carbons (Fsp3) is 0.250. The van der Waals surface area contributed by atoms with Crippen molar-refractivity contribution in [2.75, 3.05) is 11.9 Å². The monoisotopic (exact) mass is 386 g/mol. The Hall–Kier alpha value is -3.34. The molecule has 29 heavy (non-hydrogen) atoms. The van der Waals surface area contributed by atoms with Crippen LogP contribution in [0.25, 0.3) is 16.9 Å². The van der Waals surface area contributed by atoms with Crippen LogP contribution in [0, 0.1) is 5.92 Å². The number of nitrogens with one attached hydrogen (secondary N) is 2. The minimum atomic E-state index is -0.110. The number of carbonyl (C=O) groups excluding carboxylic acids is 1. The standard InChI is InChI=1S/C24H26N4O/c1-3-8-18-9-7-10-19(14-18)22-15-23(26-24(29)20-13-17(2)25-16-20)27-28(22)21-11-5-4-6-12-21/h4-7,9-12,14-15,20,25H,2-3,8,13,16H2,1H3,(H,26,27,29)/t20-/m1/s1. The van der Waals surface area contributed by atoms with E-state index in [1.165, 1.54) is 5.56 Å². The highest BCUT2D eigenvalue weighted by molar-refractivity contribution is 5.93. The first kappa shape index (κ1) is 19.0. The van der Waals surface area contributed by atoms with E-state index in [0.29, 0.717) is 18.8 Å². The fourth-order valence-electron chi connectivity index (χ4n) is 3.71. The van der Waals surface area contributed by atoms with Crippen LogP contribution < -0.4 is 10.6 Å². The van der Waals surface area contributed by atoms with Crippen LogP contribution in [0.1, 0.15) is 25.3 Å². The number of anilines is 1. The molecular formula is C24H26N4O. The lowest BCUT2D eigenvalue weighted by Gasteiger charge is -2.09. The largest absolute Gasteiger partial charge is 0.388 e. The van der Waals surface area contributed by atoms with E-state index in [4.69, 9.17) is 5.10 Å². The Balaban J connectivity index is 1.69. The van der Waals surface area contributed by atoms with Crippen LogP contribution in [0.4, 0.5) is 5.82 Å². The van der Waals surface area contributed by atoms with Crippen molar-refractivity contribution in [1.82, 2.24) is 15.1 Å². The molecule has 1 saturated heterocycles. The molecular weight excluding hydrogens is 360 g/mol. The molecule has 0 saturated carbocycles. The van der Waals surface area contributed by atoms with Gasteiger partial charge in [-0.15, -0.1) is 5.10 Å². The fourth-order valence-corrected chi connectivity index (χ4v) is 3.71. The first-order valence-electron chi connectivity index (χ1n) is 10.1. The van der Waals surface area contributed by atoms with Crippen LogP contribution in [-0.2, 0) is 11.2 Å². The summed E-state index contributed by atoms with van der Waals surface area (Å²) in [6, 6.07) is 20.5. The minimum Gasteiger partial charge on any atom is -0.388 e. The molecule has 5 nitrogen and oxygen atoms in total. The summed E-state index contributed by atoms with van der Waals surface area (Å²) in [6.07, 6.45) is 2.80. The molecule has 2 heterocycles. The van der Waals surface area contributed by atoms with Gasteiger partial charge in [0.2, 0.25) is 5.91 Å². The maximum Gasteiger partial charge on any atom is 0.230 e. The molecule has 2 N–H and O–H groups in total. The Morgan fingerprint density at radius 1 is 1.21 bits per heavy atom. The summed E-state index contributed by atoms with van der Waals surface area (Å²) >= 11 is 0. The summed E-state index contributed by atoms with van der Waals surface area (Å²) in [5.74, 6) is 0.424. The first-order valence-corrected chi connectivity index (χ1v) is 10.1. The zero-order valence-corrected chi connectivity index (χ0v) is 16.7. The second-order valence-electron chi connectivity index (χ2n) is 7.49. The molecule has 1 amide bonds. The van der Waals surface area contributed by atoms with E-state index in [1.807, 2.05) is 41.1 Å². The number of aryl methyl sites for hydroxylation is 1. The normalized spacial score (nSPS) is 15.9. The van der Waals surface area contributed by atoms with Gasteiger partial charge in [-0.1, -0.05) is 56.3 Å². The second kappa shape index (κ2) is 8.35. The Labute approximate surface area is 171 Å². The number of benzene rings is 2. The van der Waals surface area contributed by atoms with Crippen molar-refractivity contribution in [2.24, 2.45) is 5.92 Å². The third-order valence-corrected chi connectivity index (χ3v) is 5.18. The van der Waals surface area contributed by atoms with Gasteiger partial charge in [0.25, 0.3) is 0 Å². The Bertz CT molecular complexity index is 1020. The van der Waals surface area contributed by atoms with Gasteiger partial charge < -0.3 is 10.6 Å². The van der Waals surface area contributed by atoms with Crippen LogP contribution in [0.2, 0.25) is 0 Å². The van der Waals surface area contributed by atoms with Crippen LogP contribution in [0.5, 0.6) is 0 Å². The Morgan fingerprint density at radius 3 is 2.76 bits per heavy atom. The number of amides is 1. The molecule has 1 fully saturated rings. The first-order chi connectivity index (χ1) is 14.1. The van der Waals surface area contributed by atoms with Gasteiger partial charge in [-0.2, -0.15) is 0 Å². The van der Waals surface area contributed by atoms with Crippen LogP contribution in [-0.4, -0.2) is 22.2 Å². The van der Waals surface area contributed by atoms with Gasteiger partial charge in [-0.3, -0.25) is 4.79 Å². The number of rotatable bonds is 6. The average molecular weight is 386 g/mol. The predicted molar refractivity (Wildman–Crippen MR) is 117 cm³/mol. The van der Waals surface area contributed by atoms with Gasteiger partial charge in [0.05, 0.1) is 17.3 Å². The van der Waals surface area contributed by atoms with Crippen molar-refractivity contribution in [3.05, 3.63) is 78.5 Å². The number of para-hydroxylation sites is 1. The molecule has 0 aliphatic carbocycles. The molecule has 1 aromatic heterocycles. The van der Waals surface area contributed by atoms with Crippen molar-refractivity contribution in [3.8, 4) is 16.9 Å². The molecule has 1 atom stereocenters. The number of nitrogens with zero attached hydrogens (tertiary/aromatic N) is 2. The zero-order chi connectivity index (χ0) is 20.2. The minimum absolute atomic E-state index is 0.0276. The quantitative estimate of drug-likeness (QED) is 0.653. The number of hydrogen-bond acceptors (Lipinski definition) is 3. The highest BCUT2D eigenvalue weighted by Crippen LogP contribution is 2.28. The summed E-state index contributed by atoms with van der Waals surface area (Å²) in [5, 5.41) is 10.8. The lowest BCUT2D eigenvalue weighted by molar-refractivity contribution is -0.119. The predicted octanol–water partition coefficient (Wildman–Crippen LogP) is 4.55. The summed E-state index contributed by atoms with van der Waals surface area (Å²) < 4.78 is 1.90. The van der Waals surface area contributed by atoms with Crippen LogP contribution in [0.3, 0.4) is 0 Å². The van der Waals surface area contributed by atoms with Crippen molar-refractivity contribution < 1.29 is 4.79 Å². The molecule has 0 bridgehead atoms. The lowest BCUT2D eigenvalue weighted by Crippen LogP contribution is -2.24. The summed E-state index contributed by atoms with van der Waals surface area (Å²) in [5.41, 5.74) is 5.21. The van der Waals surface area contributed by atoms with Crippen LogP contribution in [0.15, 0.2) is 72.9 Å². The van der Waals surface area contributed by atoms with Gasteiger partial charge in [0.1, 0.15) is 0 Å². The van der Waals surface area contributed by atoms with E-state index in [1.54, 1.807) is 0 Å². The molecule has 0 unspecified atom stereocenters. The van der Waals surface area contributed by atoms with Gasteiger partial charge in [0, 0.05) is 23.9 Å². The van der Waals surface area contributed by atoms with E-state index in [9.17, 15) is 4.79 Å². The van der Waals surface area contributed by atoms with E-state index in [-0.39, 0.29) is 11.8 Å². The number of allylic oxidation sites excluding steroid dienone is 1. The van der Waals surface area contributed by atoms with Gasteiger partial charge >= 0.3 is 0 Å². The van der Waals surface area contributed by atoms with Gasteiger partial charge in [-0.05, 0) is 36.6 Å². The summed E-state index contributed by atoms with van der Waals surface area (Å²) in [4.78, 5) is 12.7. The maximum atomic E-state index is 12.7. The number of hydrogen-bond donors (Lipinski definition) is 2. The molecule has 148 valence electrons. The van der Waals surface area contributed by atoms with E-state index < -0.39 is 0 Å². The number of carbonyl (C=O) groups is 1. The van der Waals surface area contributed by atoms with Crippen molar-refractivity contribution in [2.45, 2.75) is 26.2 Å². The molecule has 4 rings (SSSR count). The van der Waals surface area contributed by atoms with E-state index in [0.717, 1.165) is 35.5 Å². The highest BCUT2D eigenvalue weighted by Gasteiger charge is 2.25. The zero-order valence-electron chi connectivity index (χ0n) is 16.7. The van der Waals surface area contributed by atoms with Crippen molar-refractivity contribution in [1.29, 1.82) is 0 Å². The SMILES string of the molecule is C=C1C[C@@H](C(=O)Nc2cc(-c3cccc(CCC)c3)n(-c3ccccc3)n2)CN1. The van der Waals surface area contributed by atoms with Gasteiger partial charge in [-0.25, -0.2) is 4.68 Å². The highest BCUT2D eigenvalue weighted by atomic mass is 16.2. The Kier molecular flexibility index (Phi) is 5.47. The third kappa shape index (κ3) is 4.24. The molecule has 1 aliphatic heterocycles. The number of aromatic nitrogens is 2. The van der Waals surface area contributed by atoms with E-state index in [2.05, 4.69) is 48.4 Å². The average Bonchev–Trinajstić information content (AvgIpc) is 3.36. The van der Waals surface area contributed by atoms with Crippen LogP contribution >= 0.6 is 0 Å². The molecule has 0 spiro atoms. The molecule has 2 aromatic carbocycles. The topological polar surface area (TPSA) is 59.0 Å². The molecule has 3 aromatic rings. The summed E-state index contributed by atoms with van der Waals surface area (Å²) in [6.45, 7) is 6.71. The van der Waals surface area contributed by atoms with Crippen molar-refractivity contribution >= 4 is 11.7 Å². The molecule has 1 aliphatic rings. The smallest absolute Gasteiger partial charge is 0.230 e. The second-order valence-corrected chi connectivity index (χ2v) is 7.49. The summed E-state index contributed by atoms with van der Waals surface area (Å²) in [7, 11) is 0. The third-order valence-electron chi connectivity index (χ3n) is 5.18. The van der Waals surface area contributed by atoms with Crippen molar-refractivity contribution in [3.63, 3.8) is 0 Å².